The van der Waals surface area contributed by atoms with Gasteiger partial charge < -0.3 is 52.2 Å². The first-order chi connectivity index (χ1) is 30.9. The monoisotopic (exact) mass is 897 g/mol. The first-order valence-electron chi connectivity index (χ1n) is 21.5. The molecule has 6 amide bonds. The number of H-pyrrole nitrogens is 1. The summed E-state index contributed by atoms with van der Waals surface area (Å²) in [6.45, 7) is 8.11. The van der Waals surface area contributed by atoms with Gasteiger partial charge in [0.15, 0.2) is 0 Å². The van der Waals surface area contributed by atoms with Crippen molar-refractivity contribution in [1.82, 2.24) is 36.9 Å². The van der Waals surface area contributed by atoms with Crippen molar-refractivity contribution in [2.24, 2.45) is 11.8 Å². The average molecular weight is 898 g/mol. The summed E-state index contributed by atoms with van der Waals surface area (Å²) in [4.78, 5) is 110. The van der Waals surface area contributed by atoms with Crippen LogP contribution in [0.5, 0.6) is 5.75 Å². The molecule has 0 saturated carbocycles. The number of benzene rings is 3. The van der Waals surface area contributed by atoms with Crippen LogP contribution in [0.15, 0.2) is 85.1 Å². The molecule has 4 aromatic rings. The second-order valence-corrected chi connectivity index (χ2v) is 16.2. The van der Waals surface area contributed by atoms with Crippen LogP contribution in [0, 0.1) is 11.8 Å². The van der Waals surface area contributed by atoms with Crippen molar-refractivity contribution in [3.63, 3.8) is 0 Å². The highest BCUT2D eigenvalue weighted by Crippen LogP contribution is 2.20. The number of carboxylic acid groups (broad SMARTS) is 2. The number of hydrogen-bond donors (Lipinski definition) is 10. The van der Waals surface area contributed by atoms with Gasteiger partial charge in [0.1, 0.15) is 42.0 Å². The Labute approximate surface area is 376 Å². The zero-order valence-electron chi connectivity index (χ0n) is 37.1. The fraction of sp³-hybridized carbons (Fsp3) is 0.404. The number of rotatable bonds is 24. The minimum Gasteiger partial charge on any atom is -0.508 e. The van der Waals surface area contributed by atoms with Gasteiger partial charge in [0.05, 0.1) is 6.42 Å². The number of aromatic hydroxyl groups is 1. The maximum Gasteiger partial charge on any atom is 0.326 e. The highest BCUT2D eigenvalue weighted by atomic mass is 16.4. The van der Waals surface area contributed by atoms with Crippen molar-refractivity contribution in [2.45, 2.75) is 109 Å². The van der Waals surface area contributed by atoms with Crippen molar-refractivity contribution < 1.29 is 53.7 Å². The third-order valence-corrected chi connectivity index (χ3v) is 11.3. The Bertz CT molecular complexity index is 2300. The molecule has 65 heavy (non-hydrogen) atoms. The first kappa shape index (κ1) is 50.4. The molecule has 1 heterocycles. The van der Waals surface area contributed by atoms with Gasteiger partial charge in [0.2, 0.25) is 35.4 Å². The van der Waals surface area contributed by atoms with Crippen LogP contribution in [-0.2, 0) is 57.6 Å². The Balaban J connectivity index is 1.55. The minimum absolute atomic E-state index is 0.0580. The molecule has 0 radical (unpaired) electrons. The molecule has 1 aromatic heterocycles. The summed E-state index contributed by atoms with van der Waals surface area (Å²) in [7, 11) is 0. The zero-order valence-corrected chi connectivity index (χ0v) is 37.1. The Morgan fingerprint density at radius 2 is 1.03 bits per heavy atom. The van der Waals surface area contributed by atoms with Crippen molar-refractivity contribution in [3.05, 3.63) is 102 Å². The van der Waals surface area contributed by atoms with Crippen molar-refractivity contribution >= 4 is 58.3 Å². The molecule has 8 atom stereocenters. The van der Waals surface area contributed by atoms with E-state index in [-0.39, 0.29) is 25.0 Å². The van der Waals surface area contributed by atoms with Crippen LogP contribution >= 0.6 is 0 Å². The van der Waals surface area contributed by atoms with Crippen LogP contribution in [0.2, 0.25) is 0 Å². The molecule has 0 fully saturated rings. The number of aromatic nitrogens is 1. The normalized spacial score (nSPS) is 14.8. The molecule has 0 aliphatic heterocycles. The quantitative estimate of drug-likeness (QED) is 0.0488. The maximum absolute atomic E-state index is 14.1. The number of carbonyl (C=O) groups is 8. The van der Waals surface area contributed by atoms with Gasteiger partial charge in [0, 0.05) is 43.3 Å². The highest BCUT2D eigenvalue weighted by molar-refractivity contribution is 5.98. The average Bonchev–Trinajstić information content (AvgIpc) is 3.68. The smallest absolute Gasteiger partial charge is 0.326 e. The Kier molecular flexibility index (Phi) is 18.6. The predicted octanol–water partition coefficient (Wildman–Crippen LogP) is 2.48. The molecular weight excluding hydrogens is 839 g/mol. The summed E-state index contributed by atoms with van der Waals surface area (Å²) in [5.41, 5.74) is 2.63. The van der Waals surface area contributed by atoms with Gasteiger partial charge in [-0.2, -0.15) is 0 Å². The third-order valence-electron chi connectivity index (χ3n) is 11.3. The van der Waals surface area contributed by atoms with E-state index in [0.29, 0.717) is 29.5 Å². The lowest BCUT2D eigenvalue weighted by Crippen LogP contribution is -2.61. The molecule has 4 rings (SSSR count). The molecule has 10 N–H and O–H groups in total. The number of hydrogen-bond acceptors (Lipinski definition) is 9. The lowest BCUT2D eigenvalue weighted by atomic mass is 9.94. The number of fused-ring (bicyclic) bond motifs is 1. The van der Waals surface area contributed by atoms with Crippen molar-refractivity contribution in [2.75, 3.05) is 0 Å². The lowest BCUT2D eigenvalue weighted by Gasteiger charge is -2.30. The van der Waals surface area contributed by atoms with Crippen LogP contribution in [0.3, 0.4) is 0 Å². The van der Waals surface area contributed by atoms with Gasteiger partial charge in [-0.25, -0.2) is 4.79 Å². The van der Waals surface area contributed by atoms with E-state index in [1.165, 1.54) is 31.2 Å². The van der Waals surface area contributed by atoms with E-state index in [9.17, 15) is 53.7 Å². The molecule has 348 valence electrons. The SMILES string of the molecule is CC[C@@H](C)[C@H](NC(=O)[C@H](CC(=O)O)NC(=O)[C@H](Cc1ccc(O)cc1)NC(=O)[C@@H](Cc1ccccc1)NC(C)=O)C(=O)N[C@H](C(=O)N[C@@H](Cc1c[nH]c2ccccc12)C(=O)O)[C@H](C)CC. The van der Waals surface area contributed by atoms with Gasteiger partial charge in [-0.15, -0.1) is 0 Å². The number of carbonyl (C=O) groups excluding carboxylic acids is 6. The molecule has 0 saturated heterocycles. The third kappa shape index (κ3) is 14.9. The fourth-order valence-electron chi connectivity index (χ4n) is 7.19. The molecule has 0 aliphatic carbocycles. The van der Waals surface area contributed by atoms with E-state index in [2.05, 4.69) is 36.9 Å². The summed E-state index contributed by atoms with van der Waals surface area (Å²) in [6.07, 6.45) is 1.29. The van der Waals surface area contributed by atoms with Crippen LogP contribution in [0.25, 0.3) is 10.9 Å². The molecular formula is C47H59N7O11. The molecule has 0 aliphatic rings. The largest absolute Gasteiger partial charge is 0.508 e. The molecule has 0 unspecified atom stereocenters. The highest BCUT2D eigenvalue weighted by Gasteiger charge is 2.37. The van der Waals surface area contributed by atoms with Gasteiger partial charge in [-0.05, 0) is 46.7 Å². The van der Waals surface area contributed by atoms with E-state index in [4.69, 9.17) is 0 Å². The summed E-state index contributed by atoms with van der Waals surface area (Å²) in [5, 5.41) is 46.1. The summed E-state index contributed by atoms with van der Waals surface area (Å²) in [5.74, 6) is -8.78. The van der Waals surface area contributed by atoms with Crippen LogP contribution < -0.4 is 31.9 Å². The predicted molar refractivity (Wildman–Crippen MR) is 240 cm³/mol. The second kappa shape index (κ2) is 24.0. The van der Waals surface area contributed by atoms with Gasteiger partial charge in [0.25, 0.3) is 0 Å². The van der Waals surface area contributed by atoms with Crippen LogP contribution in [-0.4, -0.2) is 104 Å². The Morgan fingerprint density at radius 1 is 0.554 bits per heavy atom. The topological polar surface area (TPSA) is 285 Å². The Hall–Kier alpha value is -7.24. The lowest BCUT2D eigenvalue weighted by molar-refractivity contribution is -0.142. The molecule has 3 aromatic carbocycles. The second-order valence-electron chi connectivity index (χ2n) is 16.2. The minimum atomic E-state index is -1.77. The summed E-state index contributed by atoms with van der Waals surface area (Å²) < 4.78 is 0. The van der Waals surface area contributed by atoms with E-state index in [1.54, 1.807) is 64.2 Å². The standard InChI is InChI=1S/C47H59N7O11/c1-6-26(3)40(45(62)52-38(47(64)65)23-31-25-48-34-16-12-11-15-33(31)34)54-46(63)41(27(4)7-2)53-44(61)37(24-39(57)58)51-43(60)36(22-30-17-19-32(56)20-18-30)50-42(59)35(49-28(5)55)21-29-13-9-8-10-14-29/h8-20,25-27,35-38,40-41,48,56H,6-7,21-24H2,1-5H3,(H,49,55)(H,50,59)(H,51,60)(H,52,62)(H,53,61)(H,54,63)(H,57,58)(H,64,65)/t26-,27-,35-,36+,37+,38+,40+,41+/m1/s1. The molecule has 18 heteroatoms. The van der Waals surface area contributed by atoms with E-state index >= 15 is 0 Å². The van der Waals surface area contributed by atoms with E-state index in [0.717, 1.165) is 10.9 Å². The van der Waals surface area contributed by atoms with Crippen LogP contribution in [0.1, 0.15) is 70.6 Å². The number of phenols is 1. The molecule has 18 nitrogen and oxygen atoms in total. The molecule has 0 spiro atoms. The molecule has 0 bridgehead atoms. The Morgan fingerprint density at radius 3 is 1.58 bits per heavy atom. The maximum atomic E-state index is 14.1. The number of nitrogens with one attached hydrogen (secondary N) is 7. The summed E-state index contributed by atoms with van der Waals surface area (Å²) in [6, 6.07) is 13.6. The zero-order chi connectivity index (χ0) is 47.8. The first-order valence-corrected chi connectivity index (χ1v) is 21.5. The van der Waals surface area contributed by atoms with Crippen LogP contribution in [0.4, 0.5) is 0 Å². The van der Waals surface area contributed by atoms with E-state index in [1.807, 2.05) is 24.3 Å². The van der Waals surface area contributed by atoms with Crippen molar-refractivity contribution in [3.8, 4) is 5.75 Å². The number of aromatic amines is 1. The fourth-order valence-corrected chi connectivity index (χ4v) is 7.19. The summed E-state index contributed by atoms with van der Waals surface area (Å²) >= 11 is 0. The van der Waals surface area contributed by atoms with E-state index < -0.39 is 102 Å². The number of phenolic OH excluding ortho intramolecular Hbond substituents is 1. The number of amides is 6. The number of carboxylic acids is 2. The number of aliphatic carboxylic acids is 2. The van der Waals surface area contributed by atoms with Gasteiger partial charge in [-0.3, -0.25) is 33.6 Å². The number of para-hydroxylation sites is 1. The van der Waals surface area contributed by atoms with Gasteiger partial charge >= 0.3 is 11.9 Å². The van der Waals surface area contributed by atoms with Gasteiger partial charge in [-0.1, -0.05) is 101 Å². The van der Waals surface area contributed by atoms with Crippen molar-refractivity contribution in [1.29, 1.82) is 0 Å².